The minimum atomic E-state index is -0.0868. The summed E-state index contributed by atoms with van der Waals surface area (Å²) in [6.45, 7) is 21.9. The summed E-state index contributed by atoms with van der Waals surface area (Å²) in [7, 11) is 0. The van der Waals surface area contributed by atoms with Crippen molar-refractivity contribution in [1.82, 2.24) is 0 Å². The Morgan fingerprint density at radius 3 is 1.51 bits per heavy atom. The maximum atomic E-state index is 12.0. The van der Waals surface area contributed by atoms with Crippen molar-refractivity contribution in [2.75, 3.05) is 0 Å². The van der Waals surface area contributed by atoms with Crippen LogP contribution in [-0.4, -0.2) is 5.78 Å². The predicted octanol–water partition coefficient (Wildman–Crippen LogP) is 11.8. The Bertz CT molecular complexity index is 1300. The summed E-state index contributed by atoms with van der Waals surface area (Å²) in [6.07, 6.45) is 35.2. The van der Waals surface area contributed by atoms with E-state index in [9.17, 15) is 4.79 Å². The van der Waals surface area contributed by atoms with E-state index in [2.05, 4.69) is 154 Å². The van der Waals surface area contributed by atoms with E-state index in [0.717, 1.165) is 0 Å². The molecule has 0 N–H and O–H groups in total. The largest absolute Gasteiger partial charge is 0.299 e. The molecule has 0 heterocycles. The molecular weight excluding hydrogens is 496 g/mol. The van der Waals surface area contributed by atoms with Crippen LogP contribution in [0.4, 0.5) is 0 Å². The fourth-order valence-corrected chi connectivity index (χ4v) is 5.77. The van der Waals surface area contributed by atoms with Gasteiger partial charge in [-0.2, -0.15) is 0 Å². The van der Waals surface area contributed by atoms with Crippen molar-refractivity contribution in [3.63, 3.8) is 0 Å². The maximum absolute atomic E-state index is 12.0. The number of rotatable bonds is 10. The minimum absolute atomic E-state index is 0.0868. The van der Waals surface area contributed by atoms with Gasteiger partial charge in [-0.1, -0.05) is 146 Å². The summed E-state index contributed by atoms with van der Waals surface area (Å²) in [4.78, 5) is 12.0. The van der Waals surface area contributed by atoms with E-state index in [-0.39, 0.29) is 10.8 Å². The number of hydrogen-bond acceptors (Lipinski definition) is 1. The molecule has 0 aromatic heterocycles. The fraction of sp³-hybridized carbons (Fsp3) is 0.425. The molecule has 0 atom stereocenters. The van der Waals surface area contributed by atoms with Gasteiger partial charge in [0, 0.05) is 12.8 Å². The second kappa shape index (κ2) is 15.7. The van der Waals surface area contributed by atoms with Gasteiger partial charge in [0.1, 0.15) is 5.78 Å². The second-order valence-corrected chi connectivity index (χ2v) is 13.3. The molecule has 0 radical (unpaired) electrons. The van der Waals surface area contributed by atoms with Crippen molar-refractivity contribution >= 4 is 5.78 Å². The average molecular weight is 551 g/mol. The Morgan fingerprint density at radius 1 is 0.610 bits per heavy atom. The van der Waals surface area contributed by atoms with E-state index < -0.39 is 0 Å². The summed E-state index contributed by atoms with van der Waals surface area (Å²) < 4.78 is 0. The molecule has 0 unspecified atom stereocenters. The van der Waals surface area contributed by atoms with E-state index >= 15 is 0 Å². The Labute approximate surface area is 252 Å². The maximum Gasteiger partial charge on any atom is 0.137 e. The zero-order valence-electron chi connectivity index (χ0n) is 27.5. The summed E-state index contributed by atoms with van der Waals surface area (Å²) >= 11 is 0. The number of ketones is 1. The SMILES string of the molecule is CC1=C(/C=C/C(C)=C/C=C/C(C)=C/C=C/C=C(C)/C=C/C=C(C)/C=C/C2=C(C)CC(=O)CC2(C)C)C(C)(C)CCC1. The first-order valence-electron chi connectivity index (χ1n) is 15.2. The number of Topliss-reactive ketones (excluding diaryl/α,β-unsaturated/α-hetero) is 1. The molecule has 0 bridgehead atoms. The van der Waals surface area contributed by atoms with Crippen LogP contribution >= 0.6 is 0 Å². The van der Waals surface area contributed by atoms with Crippen LogP contribution in [0.3, 0.4) is 0 Å². The van der Waals surface area contributed by atoms with Crippen LogP contribution in [0.15, 0.2) is 130 Å². The van der Waals surface area contributed by atoms with E-state index in [1.807, 2.05) is 0 Å². The first-order valence-corrected chi connectivity index (χ1v) is 15.2. The van der Waals surface area contributed by atoms with Crippen LogP contribution in [0.1, 0.15) is 101 Å². The lowest BCUT2D eigenvalue weighted by Crippen LogP contribution is -2.25. The molecule has 0 aromatic rings. The molecular formula is C40H54O. The first-order chi connectivity index (χ1) is 19.2. The van der Waals surface area contributed by atoms with Gasteiger partial charge in [0.15, 0.2) is 0 Å². The Kier molecular flexibility index (Phi) is 13.0. The van der Waals surface area contributed by atoms with E-state index in [1.54, 1.807) is 0 Å². The van der Waals surface area contributed by atoms with E-state index in [4.69, 9.17) is 0 Å². The summed E-state index contributed by atoms with van der Waals surface area (Å²) in [5.74, 6) is 0.344. The highest BCUT2D eigenvalue weighted by Crippen LogP contribution is 2.41. The first kappa shape index (κ1) is 34.0. The van der Waals surface area contributed by atoms with Gasteiger partial charge in [0.2, 0.25) is 0 Å². The van der Waals surface area contributed by atoms with E-state index in [1.165, 1.54) is 63.8 Å². The van der Waals surface area contributed by atoms with Gasteiger partial charge in [-0.15, -0.1) is 0 Å². The van der Waals surface area contributed by atoms with Crippen molar-refractivity contribution in [2.24, 2.45) is 10.8 Å². The fourth-order valence-electron chi connectivity index (χ4n) is 5.77. The topological polar surface area (TPSA) is 17.1 Å². The highest BCUT2D eigenvalue weighted by atomic mass is 16.1. The molecule has 0 aromatic carbocycles. The third-order valence-electron chi connectivity index (χ3n) is 8.12. The molecule has 0 saturated heterocycles. The normalized spacial score (nSPS) is 21.8. The molecule has 220 valence electrons. The van der Waals surface area contributed by atoms with Crippen LogP contribution in [0.25, 0.3) is 0 Å². The highest BCUT2D eigenvalue weighted by molar-refractivity contribution is 5.84. The summed E-state index contributed by atoms with van der Waals surface area (Å²) in [5, 5.41) is 0. The van der Waals surface area contributed by atoms with Crippen LogP contribution in [0.5, 0.6) is 0 Å². The Hall–Kier alpha value is -3.19. The number of hydrogen-bond donors (Lipinski definition) is 0. The molecule has 0 saturated carbocycles. The quantitative estimate of drug-likeness (QED) is 0.247. The van der Waals surface area contributed by atoms with Gasteiger partial charge in [0.05, 0.1) is 0 Å². The zero-order chi connectivity index (χ0) is 30.6. The minimum Gasteiger partial charge on any atom is -0.299 e. The van der Waals surface area contributed by atoms with Gasteiger partial charge in [-0.3, -0.25) is 4.79 Å². The number of allylic oxidation sites excluding steroid dienone is 22. The molecule has 2 rings (SSSR count). The summed E-state index contributed by atoms with van der Waals surface area (Å²) in [5.41, 5.74) is 10.6. The molecule has 1 nitrogen and oxygen atoms in total. The molecule has 2 aliphatic rings. The average Bonchev–Trinajstić information content (AvgIpc) is 2.84. The molecule has 0 amide bonds. The third kappa shape index (κ3) is 11.7. The van der Waals surface area contributed by atoms with Crippen LogP contribution in [-0.2, 0) is 4.79 Å². The summed E-state index contributed by atoms with van der Waals surface area (Å²) in [6, 6.07) is 0. The smallest absolute Gasteiger partial charge is 0.137 e. The highest BCUT2D eigenvalue weighted by Gasteiger charge is 2.31. The van der Waals surface area contributed by atoms with Gasteiger partial charge in [-0.25, -0.2) is 0 Å². The van der Waals surface area contributed by atoms with Gasteiger partial charge in [0.25, 0.3) is 0 Å². The number of carbonyl (C=O) groups excluding carboxylic acids is 1. The van der Waals surface area contributed by atoms with Crippen molar-refractivity contribution in [1.29, 1.82) is 0 Å². The van der Waals surface area contributed by atoms with Crippen LogP contribution in [0.2, 0.25) is 0 Å². The van der Waals surface area contributed by atoms with E-state index in [0.29, 0.717) is 18.6 Å². The molecule has 0 aliphatic heterocycles. The molecule has 1 heteroatoms. The molecule has 2 aliphatic carbocycles. The van der Waals surface area contributed by atoms with Crippen molar-refractivity contribution in [3.8, 4) is 0 Å². The third-order valence-corrected chi connectivity index (χ3v) is 8.12. The zero-order valence-corrected chi connectivity index (χ0v) is 27.5. The van der Waals surface area contributed by atoms with Crippen LogP contribution in [0, 0.1) is 10.8 Å². The lowest BCUT2D eigenvalue weighted by atomic mass is 9.72. The van der Waals surface area contributed by atoms with Crippen molar-refractivity contribution < 1.29 is 4.79 Å². The molecule has 0 spiro atoms. The Balaban J connectivity index is 1.90. The molecule has 41 heavy (non-hydrogen) atoms. The second-order valence-electron chi connectivity index (χ2n) is 13.3. The Morgan fingerprint density at radius 2 is 1.05 bits per heavy atom. The van der Waals surface area contributed by atoms with Crippen molar-refractivity contribution in [3.05, 3.63) is 130 Å². The number of carbonyl (C=O) groups is 1. The molecule has 0 fully saturated rings. The van der Waals surface area contributed by atoms with Gasteiger partial charge < -0.3 is 0 Å². The lowest BCUT2D eigenvalue weighted by molar-refractivity contribution is -0.120. The van der Waals surface area contributed by atoms with Crippen molar-refractivity contribution in [2.45, 2.75) is 101 Å². The van der Waals surface area contributed by atoms with Gasteiger partial charge in [-0.05, 0) is 82.8 Å². The van der Waals surface area contributed by atoms with Gasteiger partial charge >= 0.3 is 0 Å². The lowest BCUT2D eigenvalue weighted by Gasteiger charge is -2.32. The predicted molar refractivity (Wildman–Crippen MR) is 182 cm³/mol. The monoisotopic (exact) mass is 550 g/mol. The standard InChI is InChI=1S/C40H54O/c1-30(18-13-20-32(3)23-25-37-34(5)22-15-27-39(37,7)8)16-11-12-17-31(2)19-14-21-33(4)24-26-38-35(6)28-36(41)29-40(38,9)10/h11-14,16-21,23-26H,15,22,27-29H2,1-10H3/b12-11+,18-13+,19-14+,25-23+,26-24+,30-16+,31-17+,32-20+,33-21+. The van der Waals surface area contributed by atoms with Crippen LogP contribution < -0.4 is 0 Å².